The zero-order chi connectivity index (χ0) is 11.9. The first-order valence-corrected chi connectivity index (χ1v) is 5.82. The second-order valence-electron chi connectivity index (χ2n) is 4.94. The SMILES string of the molecule is Cc1cc2c(c(C)c1F)C(=O)CC(C)CC2. The van der Waals surface area contributed by atoms with Crippen LogP contribution in [-0.2, 0) is 6.42 Å². The van der Waals surface area contributed by atoms with Gasteiger partial charge >= 0.3 is 0 Å². The average Bonchev–Trinajstić information content (AvgIpc) is 2.35. The van der Waals surface area contributed by atoms with E-state index in [4.69, 9.17) is 0 Å². The van der Waals surface area contributed by atoms with Crippen molar-refractivity contribution in [2.75, 3.05) is 0 Å². The molecule has 0 amide bonds. The van der Waals surface area contributed by atoms with E-state index < -0.39 is 0 Å². The van der Waals surface area contributed by atoms with Crippen LogP contribution < -0.4 is 0 Å². The number of carbonyl (C=O) groups excluding carboxylic acids is 1. The van der Waals surface area contributed by atoms with Gasteiger partial charge in [0.2, 0.25) is 0 Å². The molecule has 0 saturated carbocycles. The average molecular weight is 220 g/mol. The largest absolute Gasteiger partial charge is 0.294 e. The van der Waals surface area contributed by atoms with E-state index in [-0.39, 0.29) is 11.6 Å². The van der Waals surface area contributed by atoms with E-state index in [9.17, 15) is 9.18 Å². The van der Waals surface area contributed by atoms with Crippen LogP contribution >= 0.6 is 0 Å². The van der Waals surface area contributed by atoms with Crippen LogP contribution in [-0.4, -0.2) is 5.78 Å². The summed E-state index contributed by atoms with van der Waals surface area (Å²) in [5.41, 5.74) is 2.87. The smallest absolute Gasteiger partial charge is 0.163 e. The van der Waals surface area contributed by atoms with Gasteiger partial charge < -0.3 is 0 Å². The molecule has 0 spiro atoms. The number of hydrogen-bond acceptors (Lipinski definition) is 1. The molecule has 86 valence electrons. The lowest BCUT2D eigenvalue weighted by Gasteiger charge is -2.11. The molecule has 1 nitrogen and oxygen atoms in total. The standard InChI is InChI=1S/C14H17FO/c1-8-4-5-11-7-9(2)14(15)10(3)13(11)12(16)6-8/h7-8H,4-6H2,1-3H3. The third kappa shape index (κ3) is 1.77. The molecule has 0 bridgehead atoms. The molecular formula is C14H17FO. The van der Waals surface area contributed by atoms with Gasteiger partial charge in [0.25, 0.3) is 0 Å². The van der Waals surface area contributed by atoms with Crippen molar-refractivity contribution in [1.29, 1.82) is 0 Å². The Labute approximate surface area is 95.7 Å². The second kappa shape index (κ2) is 4.00. The van der Waals surface area contributed by atoms with Gasteiger partial charge in [0.05, 0.1) is 0 Å². The molecule has 1 aromatic rings. The summed E-state index contributed by atoms with van der Waals surface area (Å²) in [6.07, 6.45) is 2.46. The monoisotopic (exact) mass is 220 g/mol. The maximum absolute atomic E-state index is 13.8. The van der Waals surface area contributed by atoms with Crippen molar-refractivity contribution < 1.29 is 9.18 Å². The molecule has 0 fully saturated rings. The molecular weight excluding hydrogens is 203 g/mol. The van der Waals surface area contributed by atoms with Gasteiger partial charge in [0.1, 0.15) is 5.82 Å². The van der Waals surface area contributed by atoms with Crippen molar-refractivity contribution >= 4 is 5.78 Å². The highest BCUT2D eigenvalue weighted by molar-refractivity contribution is 5.99. The summed E-state index contributed by atoms with van der Waals surface area (Å²) in [5, 5.41) is 0. The summed E-state index contributed by atoms with van der Waals surface area (Å²) in [5.74, 6) is 0.292. The number of halogens is 1. The molecule has 1 aliphatic carbocycles. The second-order valence-corrected chi connectivity index (χ2v) is 4.94. The number of rotatable bonds is 0. The summed E-state index contributed by atoms with van der Waals surface area (Å²) >= 11 is 0. The molecule has 1 unspecified atom stereocenters. The van der Waals surface area contributed by atoms with Crippen LogP contribution in [0.25, 0.3) is 0 Å². The highest BCUT2D eigenvalue weighted by atomic mass is 19.1. The highest BCUT2D eigenvalue weighted by Crippen LogP contribution is 2.29. The predicted molar refractivity (Wildman–Crippen MR) is 62.3 cm³/mol. The lowest BCUT2D eigenvalue weighted by molar-refractivity contribution is 0.0966. The quantitative estimate of drug-likeness (QED) is 0.610. The molecule has 0 saturated heterocycles. The summed E-state index contributed by atoms with van der Waals surface area (Å²) in [7, 11) is 0. The van der Waals surface area contributed by atoms with Gasteiger partial charge in [-0.3, -0.25) is 4.79 Å². The first kappa shape index (κ1) is 11.3. The predicted octanol–water partition coefficient (Wildman–Crippen LogP) is 3.60. The van der Waals surface area contributed by atoms with E-state index in [2.05, 4.69) is 6.92 Å². The van der Waals surface area contributed by atoms with Gasteiger partial charge in [-0.05, 0) is 49.3 Å². The summed E-state index contributed by atoms with van der Waals surface area (Å²) in [4.78, 5) is 12.0. The Morgan fingerprint density at radius 3 is 2.75 bits per heavy atom. The zero-order valence-electron chi connectivity index (χ0n) is 10.1. The summed E-state index contributed by atoms with van der Waals surface area (Å²) < 4.78 is 13.8. The molecule has 1 aromatic carbocycles. The zero-order valence-corrected chi connectivity index (χ0v) is 10.1. The summed E-state index contributed by atoms with van der Waals surface area (Å²) in [6.45, 7) is 5.57. The maximum Gasteiger partial charge on any atom is 0.163 e. The number of benzene rings is 1. The van der Waals surface area contributed by atoms with Crippen LogP contribution in [0.5, 0.6) is 0 Å². The van der Waals surface area contributed by atoms with Gasteiger partial charge in [-0.2, -0.15) is 0 Å². The minimum Gasteiger partial charge on any atom is -0.294 e. The van der Waals surface area contributed by atoms with E-state index in [1.165, 1.54) is 0 Å². The van der Waals surface area contributed by atoms with E-state index in [0.29, 0.717) is 29.0 Å². The minimum absolute atomic E-state index is 0.108. The van der Waals surface area contributed by atoms with Crippen molar-refractivity contribution in [3.8, 4) is 0 Å². The third-order valence-corrected chi connectivity index (χ3v) is 3.48. The molecule has 2 heteroatoms. The Balaban J connectivity index is 2.61. The molecule has 0 N–H and O–H groups in total. The van der Waals surface area contributed by atoms with E-state index in [1.807, 2.05) is 6.07 Å². The van der Waals surface area contributed by atoms with E-state index >= 15 is 0 Å². The molecule has 16 heavy (non-hydrogen) atoms. The van der Waals surface area contributed by atoms with Gasteiger partial charge in [-0.25, -0.2) is 4.39 Å². The molecule has 0 heterocycles. The van der Waals surface area contributed by atoms with Gasteiger partial charge in [0.15, 0.2) is 5.78 Å². The molecule has 2 rings (SSSR count). The van der Waals surface area contributed by atoms with Gasteiger partial charge in [0, 0.05) is 12.0 Å². The van der Waals surface area contributed by atoms with Crippen LogP contribution in [0, 0.1) is 25.6 Å². The van der Waals surface area contributed by atoms with Crippen LogP contribution in [0.2, 0.25) is 0 Å². The Hall–Kier alpha value is -1.18. The van der Waals surface area contributed by atoms with E-state index in [0.717, 1.165) is 18.4 Å². The van der Waals surface area contributed by atoms with Gasteiger partial charge in [-0.15, -0.1) is 0 Å². The fourth-order valence-electron chi connectivity index (χ4n) is 2.55. The van der Waals surface area contributed by atoms with Crippen molar-refractivity contribution in [3.63, 3.8) is 0 Å². The number of hydrogen-bond donors (Lipinski definition) is 0. The Morgan fingerprint density at radius 1 is 1.38 bits per heavy atom. The van der Waals surface area contributed by atoms with Crippen LogP contribution in [0.4, 0.5) is 4.39 Å². The molecule has 0 radical (unpaired) electrons. The van der Waals surface area contributed by atoms with Crippen LogP contribution in [0.3, 0.4) is 0 Å². The fourth-order valence-corrected chi connectivity index (χ4v) is 2.55. The Kier molecular flexibility index (Phi) is 2.83. The topological polar surface area (TPSA) is 17.1 Å². The number of fused-ring (bicyclic) bond motifs is 1. The molecule has 1 aliphatic rings. The van der Waals surface area contributed by atoms with Crippen molar-refractivity contribution in [2.24, 2.45) is 5.92 Å². The van der Waals surface area contributed by atoms with Crippen molar-refractivity contribution in [3.05, 3.63) is 34.1 Å². The first-order valence-electron chi connectivity index (χ1n) is 5.82. The molecule has 0 aromatic heterocycles. The lowest BCUT2D eigenvalue weighted by atomic mass is 9.94. The molecule has 0 aliphatic heterocycles. The number of Topliss-reactive ketones (excluding diaryl/α,β-unsaturated/α-hetero) is 1. The Bertz CT molecular complexity index is 449. The van der Waals surface area contributed by atoms with Gasteiger partial charge in [-0.1, -0.05) is 13.0 Å². The minimum atomic E-state index is -0.221. The highest BCUT2D eigenvalue weighted by Gasteiger charge is 2.23. The van der Waals surface area contributed by atoms with Crippen molar-refractivity contribution in [1.82, 2.24) is 0 Å². The third-order valence-electron chi connectivity index (χ3n) is 3.48. The fraction of sp³-hybridized carbons (Fsp3) is 0.500. The van der Waals surface area contributed by atoms with Crippen LogP contribution in [0.1, 0.15) is 46.8 Å². The van der Waals surface area contributed by atoms with Crippen molar-refractivity contribution in [2.45, 2.75) is 40.0 Å². The maximum atomic E-state index is 13.8. The number of ketones is 1. The van der Waals surface area contributed by atoms with Crippen LogP contribution in [0.15, 0.2) is 6.07 Å². The lowest BCUT2D eigenvalue weighted by Crippen LogP contribution is -2.08. The number of carbonyl (C=O) groups is 1. The van der Waals surface area contributed by atoms with E-state index in [1.54, 1.807) is 13.8 Å². The Morgan fingerprint density at radius 2 is 2.06 bits per heavy atom. The number of aryl methyl sites for hydroxylation is 2. The normalized spacial score (nSPS) is 20.5. The summed E-state index contributed by atoms with van der Waals surface area (Å²) in [6, 6.07) is 1.84. The molecule has 1 atom stereocenters. The first-order chi connectivity index (χ1) is 7.50.